The van der Waals surface area contributed by atoms with Crippen LogP contribution in [0.1, 0.15) is 24.2 Å². The predicted octanol–water partition coefficient (Wildman–Crippen LogP) is 3.32. The van der Waals surface area contributed by atoms with Crippen LogP contribution in [0.2, 0.25) is 0 Å². The normalized spacial score (nSPS) is 10.2. The van der Waals surface area contributed by atoms with Crippen molar-refractivity contribution < 1.29 is 9.18 Å². The van der Waals surface area contributed by atoms with Crippen molar-refractivity contribution in [1.29, 1.82) is 0 Å². The zero-order valence-electron chi connectivity index (χ0n) is 12.1. The van der Waals surface area contributed by atoms with Crippen molar-refractivity contribution in [2.24, 2.45) is 0 Å². The first-order valence-corrected chi connectivity index (χ1v) is 6.92. The first kappa shape index (κ1) is 15.0. The molecule has 5 heteroatoms. The molecule has 21 heavy (non-hydrogen) atoms. The van der Waals surface area contributed by atoms with E-state index in [1.54, 1.807) is 12.1 Å². The fourth-order valence-electron chi connectivity index (χ4n) is 2.10. The van der Waals surface area contributed by atoms with Crippen molar-refractivity contribution in [2.45, 2.75) is 13.8 Å². The van der Waals surface area contributed by atoms with E-state index in [1.807, 2.05) is 12.1 Å². The molecule has 0 aliphatic carbocycles. The molecular formula is C16H18FN3O. The highest BCUT2D eigenvalue weighted by Gasteiger charge is 2.12. The average molecular weight is 287 g/mol. The molecule has 0 aliphatic heterocycles. The fraction of sp³-hybridized carbons (Fsp3) is 0.250. The molecule has 0 saturated heterocycles. The molecule has 1 N–H and O–H groups in total. The van der Waals surface area contributed by atoms with Crippen LogP contribution in [0.5, 0.6) is 0 Å². The van der Waals surface area contributed by atoms with Crippen molar-refractivity contribution in [2.75, 3.05) is 23.3 Å². The second kappa shape index (κ2) is 6.83. The fourth-order valence-corrected chi connectivity index (χ4v) is 2.10. The Hall–Kier alpha value is -2.43. The van der Waals surface area contributed by atoms with Crippen LogP contribution in [0.3, 0.4) is 0 Å². The molecule has 0 spiro atoms. The summed E-state index contributed by atoms with van der Waals surface area (Å²) >= 11 is 0. The molecule has 0 unspecified atom stereocenters. The van der Waals surface area contributed by atoms with Gasteiger partial charge in [0.05, 0.1) is 5.56 Å². The molecule has 1 aromatic heterocycles. The Morgan fingerprint density at radius 3 is 2.43 bits per heavy atom. The van der Waals surface area contributed by atoms with Crippen LogP contribution in [0.25, 0.3) is 0 Å². The van der Waals surface area contributed by atoms with Gasteiger partial charge in [0.25, 0.3) is 5.91 Å². The van der Waals surface area contributed by atoms with Crippen molar-refractivity contribution in [3.05, 3.63) is 54.1 Å². The van der Waals surface area contributed by atoms with Gasteiger partial charge in [-0.3, -0.25) is 4.79 Å². The molecule has 4 nitrogen and oxygen atoms in total. The van der Waals surface area contributed by atoms with Crippen LogP contribution >= 0.6 is 0 Å². The molecule has 0 radical (unpaired) electrons. The lowest BCUT2D eigenvalue weighted by molar-refractivity contribution is 0.102. The minimum Gasteiger partial charge on any atom is -0.372 e. The highest BCUT2D eigenvalue weighted by atomic mass is 19.1. The largest absolute Gasteiger partial charge is 0.372 e. The molecule has 1 amide bonds. The second-order valence-corrected chi connectivity index (χ2v) is 4.52. The summed E-state index contributed by atoms with van der Waals surface area (Å²) in [5.74, 6) is -1.27. The van der Waals surface area contributed by atoms with Gasteiger partial charge in [-0.25, -0.2) is 4.98 Å². The van der Waals surface area contributed by atoms with Gasteiger partial charge in [0, 0.05) is 30.7 Å². The summed E-state index contributed by atoms with van der Waals surface area (Å²) in [5.41, 5.74) is 1.65. The van der Waals surface area contributed by atoms with Gasteiger partial charge in [0.15, 0.2) is 0 Å². The molecule has 0 fully saturated rings. The van der Waals surface area contributed by atoms with Crippen LogP contribution in [-0.4, -0.2) is 24.0 Å². The van der Waals surface area contributed by atoms with Crippen LogP contribution in [0, 0.1) is 5.95 Å². The second-order valence-electron chi connectivity index (χ2n) is 4.52. The number of pyridine rings is 1. The van der Waals surface area contributed by atoms with E-state index >= 15 is 0 Å². The summed E-state index contributed by atoms with van der Waals surface area (Å²) < 4.78 is 13.4. The van der Waals surface area contributed by atoms with Gasteiger partial charge in [-0.05, 0) is 50.2 Å². The molecular weight excluding hydrogens is 269 g/mol. The minimum atomic E-state index is -0.769. The van der Waals surface area contributed by atoms with Crippen molar-refractivity contribution in [3.63, 3.8) is 0 Å². The SMILES string of the molecule is CCN(CC)c1ccc(NC(=O)c2cccnc2F)cc1. The van der Waals surface area contributed by atoms with Crippen LogP contribution in [0.15, 0.2) is 42.6 Å². The number of hydrogen-bond donors (Lipinski definition) is 1. The number of hydrogen-bond acceptors (Lipinski definition) is 3. The van der Waals surface area contributed by atoms with Crippen LogP contribution < -0.4 is 10.2 Å². The number of amides is 1. The van der Waals surface area contributed by atoms with E-state index in [9.17, 15) is 9.18 Å². The zero-order chi connectivity index (χ0) is 15.2. The average Bonchev–Trinajstić information content (AvgIpc) is 2.50. The lowest BCUT2D eigenvalue weighted by Crippen LogP contribution is -2.21. The number of nitrogens with one attached hydrogen (secondary N) is 1. The summed E-state index contributed by atoms with van der Waals surface area (Å²) in [4.78, 5) is 17.6. The summed E-state index contributed by atoms with van der Waals surface area (Å²) in [6.45, 7) is 6.01. The summed E-state index contributed by atoms with van der Waals surface area (Å²) in [7, 11) is 0. The standard InChI is InChI=1S/C16H18FN3O/c1-3-20(4-2)13-9-7-12(8-10-13)19-16(21)14-6-5-11-18-15(14)17/h5-11H,3-4H2,1-2H3,(H,19,21). The Balaban J connectivity index is 2.10. The van der Waals surface area contributed by atoms with E-state index in [0.29, 0.717) is 5.69 Å². The molecule has 0 aliphatic rings. The zero-order valence-corrected chi connectivity index (χ0v) is 12.1. The van der Waals surface area contributed by atoms with Crippen molar-refractivity contribution in [3.8, 4) is 0 Å². The Kier molecular flexibility index (Phi) is 4.87. The van der Waals surface area contributed by atoms with Gasteiger partial charge in [0.2, 0.25) is 5.95 Å². The van der Waals surface area contributed by atoms with Crippen LogP contribution in [0.4, 0.5) is 15.8 Å². The summed E-state index contributed by atoms with van der Waals surface area (Å²) in [6.07, 6.45) is 1.31. The number of aromatic nitrogens is 1. The Morgan fingerprint density at radius 2 is 1.86 bits per heavy atom. The van der Waals surface area contributed by atoms with Gasteiger partial charge in [0.1, 0.15) is 0 Å². The molecule has 2 rings (SSSR count). The first-order chi connectivity index (χ1) is 10.2. The van der Waals surface area contributed by atoms with Gasteiger partial charge in [-0.15, -0.1) is 0 Å². The van der Waals surface area contributed by atoms with E-state index in [0.717, 1.165) is 18.8 Å². The maximum absolute atomic E-state index is 13.4. The molecule has 2 aromatic rings. The summed E-state index contributed by atoms with van der Waals surface area (Å²) in [5, 5.41) is 2.66. The number of halogens is 1. The molecule has 0 saturated carbocycles. The number of rotatable bonds is 5. The molecule has 1 heterocycles. The molecule has 0 bridgehead atoms. The first-order valence-electron chi connectivity index (χ1n) is 6.92. The third-order valence-corrected chi connectivity index (χ3v) is 3.26. The highest BCUT2D eigenvalue weighted by Crippen LogP contribution is 2.18. The smallest absolute Gasteiger partial charge is 0.260 e. The highest BCUT2D eigenvalue weighted by molar-refractivity contribution is 6.04. The Labute approximate surface area is 123 Å². The third kappa shape index (κ3) is 3.56. The monoisotopic (exact) mass is 287 g/mol. The minimum absolute atomic E-state index is 0.0645. The van der Waals surface area contributed by atoms with E-state index in [2.05, 4.69) is 29.0 Å². The molecule has 0 atom stereocenters. The van der Waals surface area contributed by atoms with E-state index in [4.69, 9.17) is 0 Å². The van der Waals surface area contributed by atoms with Crippen molar-refractivity contribution in [1.82, 2.24) is 4.98 Å². The van der Waals surface area contributed by atoms with E-state index in [1.165, 1.54) is 18.3 Å². The lowest BCUT2D eigenvalue weighted by atomic mass is 10.2. The van der Waals surface area contributed by atoms with Crippen molar-refractivity contribution >= 4 is 17.3 Å². The maximum atomic E-state index is 13.4. The van der Waals surface area contributed by atoms with Gasteiger partial charge in [-0.2, -0.15) is 4.39 Å². The number of carbonyl (C=O) groups excluding carboxylic acids is 1. The van der Waals surface area contributed by atoms with E-state index in [-0.39, 0.29) is 5.56 Å². The maximum Gasteiger partial charge on any atom is 0.260 e. The van der Waals surface area contributed by atoms with E-state index < -0.39 is 11.9 Å². The quantitative estimate of drug-likeness (QED) is 0.858. The number of nitrogens with zero attached hydrogens (tertiary/aromatic N) is 2. The third-order valence-electron chi connectivity index (χ3n) is 3.26. The lowest BCUT2D eigenvalue weighted by Gasteiger charge is -2.21. The topological polar surface area (TPSA) is 45.2 Å². The number of benzene rings is 1. The Bertz CT molecular complexity index is 609. The molecule has 1 aromatic carbocycles. The van der Waals surface area contributed by atoms with Gasteiger partial charge >= 0.3 is 0 Å². The Morgan fingerprint density at radius 1 is 1.19 bits per heavy atom. The summed E-state index contributed by atoms with van der Waals surface area (Å²) in [6, 6.07) is 10.4. The number of carbonyl (C=O) groups is 1. The number of anilines is 2. The van der Waals surface area contributed by atoms with Gasteiger partial charge in [-0.1, -0.05) is 0 Å². The van der Waals surface area contributed by atoms with Gasteiger partial charge < -0.3 is 10.2 Å². The molecule has 110 valence electrons. The predicted molar refractivity (Wildman–Crippen MR) is 82.2 cm³/mol. The van der Waals surface area contributed by atoms with Crippen LogP contribution in [-0.2, 0) is 0 Å².